The molecular weight excluding hydrogens is 289 g/mol. The zero-order valence-electron chi connectivity index (χ0n) is 9.69. The van der Waals surface area contributed by atoms with Crippen LogP contribution < -0.4 is 4.90 Å². The number of nitrogens with zero attached hydrogens (tertiary/aromatic N) is 1. The number of carbonyl (C=O) groups excluding carboxylic acids is 1. The van der Waals surface area contributed by atoms with Gasteiger partial charge in [0.15, 0.2) is 6.29 Å². The van der Waals surface area contributed by atoms with Gasteiger partial charge in [0.1, 0.15) is 0 Å². The van der Waals surface area contributed by atoms with Gasteiger partial charge in [-0.05, 0) is 24.3 Å². The number of benzene rings is 1. The molecule has 1 aromatic carbocycles. The molecule has 5 heteroatoms. The van der Waals surface area contributed by atoms with E-state index in [1.54, 1.807) is 6.07 Å². The molecule has 0 aliphatic rings. The summed E-state index contributed by atoms with van der Waals surface area (Å²) in [5.74, 6) is 0. The van der Waals surface area contributed by atoms with E-state index in [4.69, 9.17) is 23.2 Å². The zero-order valence-corrected chi connectivity index (χ0v) is 12.0. The van der Waals surface area contributed by atoms with Gasteiger partial charge in [0.2, 0.25) is 0 Å². The van der Waals surface area contributed by atoms with E-state index in [-0.39, 0.29) is 0 Å². The molecule has 0 bridgehead atoms. The summed E-state index contributed by atoms with van der Waals surface area (Å²) in [6, 6.07) is 9.28. The highest BCUT2D eigenvalue weighted by atomic mass is 35.5. The predicted octanol–water partition coefficient (Wildman–Crippen LogP) is 4.50. The molecule has 0 unspecified atom stereocenters. The highest BCUT2D eigenvalue weighted by molar-refractivity contribution is 7.16. The minimum absolute atomic E-state index is 0.471. The monoisotopic (exact) mass is 299 g/mol. The summed E-state index contributed by atoms with van der Waals surface area (Å²) >= 11 is 13.4. The normalized spacial score (nSPS) is 10.4. The summed E-state index contributed by atoms with van der Waals surface area (Å²) in [4.78, 5) is 14.2. The Hall–Kier alpha value is -1.03. The maximum Gasteiger partial charge on any atom is 0.153 e. The lowest BCUT2D eigenvalue weighted by atomic mass is 10.2. The van der Waals surface area contributed by atoms with Crippen molar-refractivity contribution in [3.63, 3.8) is 0 Å². The van der Waals surface area contributed by atoms with Gasteiger partial charge in [-0.2, -0.15) is 0 Å². The van der Waals surface area contributed by atoms with Gasteiger partial charge >= 0.3 is 0 Å². The van der Waals surface area contributed by atoms with E-state index in [2.05, 4.69) is 0 Å². The molecule has 0 amide bonds. The van der Waals surface area contributed by atoms with E-state index < -0.39 is 0 Å². The van der Waals surface area contributed by atoms with Gasteiger partial charge in [-0.15, -0.1) is 11.3 Å². The average Bonchev–Trinajstić information content (AvgIpc) is 2.74. The molecule has 0 fully saturated rings. The third-order valence-electron chi connectivity index (χ3n) is 2.58. The summed E-state index contributed by atoms with van der Waals surface area (Å²) in [6.07, 6.45) is 0.787. The van der Waals surface area contributed by atoms with Gasteiger partial charge in [0.25, 0.3) is 0 Å². The van der Waals surface area contributed by atoms with E-state index >= 15 is 0 Å². The number of halogens is 2. The van der Waals surface area contributed by atoms with Crippen LogP contribution in [0.4, 0.5) is 5.69 Å². The molecule has 0 N–H and O–H groups in total. The fourth-order valence-electron chi connectivity index (χ4n) is 1.73. The Bertz CT molecular complexity index is 568. The fourth-order valence-corrected chi connectivity index (χ4v) is 3.09. The average molecular weight is 300 g/mol. The lowest BCUT2D eigenvalue weighted by molar-refractivity contribution is 0.112. The molecule has 1 heterocycles. The second-order valence-electron chi connectivity index (χ2n) is 3.85. The third-order valence-corrected chi connectivity index (χ3v) is 4.13. The highest BCUT2D eigenvalue weighted by Gasteiger charge is 2.11. The zero-order chi connectivity index (χ0) is 13.1. The summed E-state index contributed by atoms with van der Waals surface area (Å²) in [5.41, 5.74) is 1.34. The Morgan fingerprint density at radius 3 is 2.67 bits per heavy atom. The Morgan fingerprint density at radius 1 is 1.28 bits per heavy atom. The smallest absolute Gasteiger partial charge is 0.153 e. The second kappa shape index (κ2) is 5.74. The van der Waals surface area contributed by atoms with E-state index in [1.807, 2.05) is 36.2 Å². The number of aldehydes is 1. The van der Waals surface area contributed by atoms with Crippen LogP contribution in [-0.4, -0.2) is 13.3 Å². The van der Waals surface area contributed by atoms with Gasteiger partial charge in [0.05, 0.1) is 21.5 Å². The Kier molecular flexibility index (Phi) is 4.27. The van der Waals surface area contributed by atoms with E-state index in [9.17, 15) is 4.79 Å². The molecule has 0 saturated heterocycles. The van der Waals surface area contributed by atoms with Crippen molar-refractivity contribution >= 4 is 46.5 Å². The summed E-state index contributed by atoms with van der Waals surface area (Å²) in [6.45, 7) is 0.693. The molecule has 0 aliphatic carbocycles. The lowest BCUT2D eigenvalue weighted by Gasteiger charge is -2.20. The second-order valence-corrected chi connectivity index (χ2v) is 6.06. The van der Waals surface area contributed by atoms with Crippen molar-refractivity contribution in [3.05, 3.63) is 50.1 Å². The van der Waals surface area contributed by atoms with Crippen LogP contribution in [0.2, 0.25) is 9.36 Å². The van der Waals surface area contributed by atoms with Crippen LogP contribution in [0, 0.1) is 0 Å². The fraction of sp³-hybridized carbons (Fsp3) is 0.154. The molecule has 0 aliphatic heterocycles. The molecule has 2 rings (SSSR count). The van der Waals surface area contributed by atoms with Crippen molar-refractivity contribution in [1.82, 2.24) is 0 Å². The topological polar surface area (TPSA) is 20.3 Å². The Labute approximate surface area is 120 Å². The van der Waals surface area contributed by atoms with Crippen LogP contribution in [0.5, 0.6) is 0 Å². The Morgan fingerprint density at radius 2 is 2.06 bits per heavy atom. The van der Waals surface area contributed by atoms with Gasteiger partial charge in [-0.3, -0.25) is 4.79 Å². The van der Waals surface area contributed by atoms with Gasteiger partial charge < -0.3 is 4.90 Å². The van der Waals surface area contributed by atoms with Crippen LogP contribution in [-0.2, 0) is 6.54 Å². The van der Waals surface area contributed by atoms with Crippen molar-refractivity contribution in [1.29, 1.82) is 0 Å². The number of rotatable bonds is 4. The van der Waals surface area contributed by atoms with E-state index in [1.165, 1.54) is 11.3 Å². The van der Waals surface area contributed by atoms with Crippen LogP contribution in [0.3, 0.4) is 0 Å². The third kappa shape index (κ3) is 2.86. The molecule has 18 heavy (non-hydrogen) atoms. The number of thiophene rings is 1. The first kappa shape index (κ1) is 13.4. The van der Waals surface area contributed by atoms with E-state index in [0.717, 1.165) is 21.2 Å². The predicted molar refractivity (Wildman–Crippen MR) is 78.3 cm³/mol. The number of carbonyl (C=O) groups is 1. The first-order valence-corrected chi connectivity index (χ1v) is 6.88. The SMILES string of the molecule is CN(Cc1ccc(Cl)s1)c1cccc(Cl)c1C=O. The largest absolute Gasteiger partial charge is 0.369 e. The molecular formula is C13H11Cl2NOS. The van der Waals surface area contributed by atoms with Gasteiger partial charge in [-0.25, -0.2) is 0 Å². The number of anilines is 1. The molecule has 1 aromatic heterocycles. The lowest BCUT2D eigenvalue weighted by Crippen LogP contribution is -2.17. The molecule has 2 nitrogen and oxygen atoms in total. The summed E-state index contributed by atoms with van der Waals surface area (Å²) in [7, 11) is 1.92. The first-order chi connectivity index (χ1) is 8.61. The molecule has 0 atom stereocenters. The van der Waals surface area contributed by atoms with Crippen LogP contribution in [0.25, 0.3) is 0 Å². The van der Waals surface area contributed by atoms with Crippen molar-refractivity contribution in [2.45, 2.75) is 6.54 Å². The minimum atomic E-state index is 0.471. The highest BCUT2D eigenvalue weighted by Crippen LogP contribution is 2.28. The van der Waals surface area contributed by atoms with Crippen molar-refractivity contribution in [2.24, 2.45) is 0 Å². The van der Waals surface area contributed by atoms with Gasteiger partial charge in [-0.1, -0.05) is 29.3 Å². The maximum absolute atomic E-state index is 11.1. The molecule has 0 saturated carbocycles. The quantitative estimate of drug-likeness (QED) is 0.775. The van der Waals surface area contributed by atoms with Crippen molar-refractivity contribution in [2.75, 3.05) is 11.9 Å². The first-order valence-electron chi connectivity index (χ1n) is 5.31. The Balaban J connectivity index is 2.26. The number of hydrogen-bond acceptors (Lipinski definition) is 3. The molecule has 0 spiro atoms. The van der Waals surface area contributed by atoms with Crippen LogP contribution in [0.15, 0.2) is 30.3 Å². The standard InChI is InChI=1S/C13H11Cl2NOS/c1-16(7-9-5-6-13(15)18-9)12-4-2-3-11(14)10(12)8-17/h2-6,8H,7H2,1H3. The number of hydrogen-bond donors (Lipinski definition) is 0. The molecule has 2 aromatic rings. The minimum Gasteiger partial charge on any atom is -0.369 e. The van der Waals surface area contributed by atoms with E-state index in [0.29, 0.717) is 17.1 Å². The van der Waals surface area contributed by atoms with Crippen molar-refractivity contribution in [3.8, 4) is 0 Å². The van der Waals surface area contributed by atoms with Crippen LogP contribution >= 0.6 is 34.5 Å². The summed E-state index contributed by atoms with van der Waals surface area (Å²) in [5, 5.41) is 0.471. The molecule has 0 radical (unpaired) electrons. The van der Waals surface area contributed by atoms with Crippen molar-refractivity contribution < 1.29 is 4.79 Å². The van der Waals surface area contributed by atoms with Gasteiger partial charge in [0, 0.05) is 17.6 Å². The molecule has 94 valence electrons. The van der Waals surface area contributed by atoms with Crippen LogP contribution in [0.1, 0.15) is 15.2 Å². The summed E-state index contributed by atoms with van der Waals surface area (Å²) < 4.78 is 0.764. The maximum atomic E-state index is 11.1.